The molecule has 0 saturated carbocycles. The molecule has 0 spiro atoms. The van der Waals surface area contributed by atoms with Crippen molar-refractivity contribution in [2.75, 3.05) is 29.9 Å². The molecule has 2 N–H and O–H groups in total. The molecule has 1 saturated heterocycles. The van der Waals surface area contributed by atoms with E-state index in [4.69, 9.17) is 4.98 Å². The molecule has 0 aliphatic carbocycles. The normalized spacial score (nSPS) is 22.7. The smallest absolute Gasteiger partial charge is 0.137 e. The molecule has 0 aromatic carbocycles. The highest BCUT2D eigenvalue weighted by Gasteiger charge is 2.27. The number of rotatable bonds is 4. The van der Waals surface area contributed by atoms with E-state index in [9.17, 15) is 5.11 Å². The Kier molecular flexibility index (Phi) is 5.04. The first-order valence-corrected chi connectivity index (χ1v) is 7.99. The highest BCUT2D eigenvalue weighted by Crippen LogP contribution is 2.29. The number of aromatic nitrogens is 2. The minimum absolute atomic E-state index is 0.279. The van der Waals surface area contributed by atoms with Crippen LogP contribution in [0.4, 0.5) is 11.6 Å². The molecule has 1 fully saturated rings. The second kappa shape index (κ2) is 6.60. The molecule has 2 heterocycles. The summed E-state index contributed by atoms with van der Waals surface area (Å²) in [5, 5.41) is 13.5. The third kappa shape index (κ3) is 3.46. The number of β-amino-alcohol motifs (C(OH)–C–C–N with tert-alkyl or cyclic N) is 1. The summed E-state index contributed by atoms with van der Waals surface area (Å²) in [6.07, 6.45) is 0.719. The molecule has 5 nitrogen and oxygen atoms in total. The van der Waals surface area contributed by atoms with Crippen LogP contribution in [-0.2, 0) is 0 Å². The summed E-state index contributed by atoms with van der Waals surface area (Å²) in [5.41, 5.74) is 1.07. The molecule has 1 aromatic rings. The van der Waals surface area contributed by atoms with Gasteiger partial charge in [-0.1, -0.05) is 20.8 Å². The molecule has 21 heavy (non-hydrogen) atoms. The van der Waals surface area contributed by atoms with Gasteiger partial charge in [0, 0.05) is 31.1 Å². The largest absolute Gasteiger partial charge is 0.391 e. The molecule has 1 aliphatic rings. The van der Waals surface area contributed by atoms with E-state index in [1.165, 1.54) is 0 Å². The average molecular weight is 292 g/mol. The van der Waals surface area contributed by atoms with Gasteiger partial charge < -0.3 is 15.3 Å². The molecule has 0 amide bonds. The molecule has 1 aromatic heterocycles. The number of nitrogens with one attached hydrogen (secondary N) is 1. The Morgan fingerprint density at radius 3 is 2.67 bits per heavy atom. The van der Waals surface area contributed by atoms with Crippen LogP contribution in [0.1, 0.15) is 51.4 Å². The number of aliphatic hydroxyl groups is 1. The Labute approximate surface area is 127 Å². The first kappa shape index (κ1) is 16.0. The standard InChI is InChI=1S/C16H28N4O/c1-6-17-15-12(5)16(19-14(18-15)10(2)3)20-8-7-11(4)13(21)9-20/h10-11,13,21H,6-9H2,1-5H3,(H,17,18,19). The SMILES string of the molecule is CCNc1nc(C(C)C)nc(N2CCC(C)C(O)C2)c1C. The zero-order valence-corrected chi connectivity index (χ0v) is 13.8. The summed E-state index contributed by atoms with van der Waals surface area (Å²) in [6.45, 7) is 12.9. The van der Waals surface area contributed by atoms with E-state index >= 15 is 0 Å². The fourth-order valence-corrected chi connectivity index (χ4v) is 2.67. The zero-order chi connectivity index (χ0) is 15.6. The van der Waals surface area contributed by atoms with Gasteiger partial charge in [0.2, 0.25) is 0 Å². The van der Waals surface area contributed by atoms with Crippen molar-refractivity contribution in [3.05, 3.63) is 11.4 Å². The van der Waals surface area contributed by atoms with Crippen molar-refractivity contribution in [3.8, 4) is 0 Å². The maximum atomic E-state index is 10.2. The van der Waals surface area contributed by atoms with Crippen LogP contribution < -0.4 is 10.2 Å². The van der Waals surface area contributed by atoms with Gasteiger partial charge in [0.25, 0.3) is 0 Å². The van der Waals surface area contributed by atoms with Gasteiger partial charge in [0.1, 0.15) is 17.5 Å². The Morgan fingerprint density at radius 1 is 1.38 bits per heavy atom. The first-order valence-electron chi connectivity index (χ1n) is 7.99. The molecular weight excluding hydrogens is 264 g/mol. The summed E-state index contributed by atoms with van der Waals surface area (Å²) < 4.78 is 0. The summed E-state index contributed by atoms with van der Waals surface area (Å²) in [5.74, 6) is 3.39. The van der Waals surface area contributed by atoms with Crippen molar-refractivity contribution in [3.63, 3.8) is 0 Å². The predicted molar refractivity (Wildman–Crippen MR) is 87.0 cm³/mol. The van der Waals surface area contributed by atoms with Gasteiger partial charge in [-0.15, -0.1) is 0 Å². The van der Waals surface area contributed by atoms with Gasteiger partial charge in [-0.2, -0.15) is 0 Å². The maximum absolute atomic E-state index is 10.2. The van der Waals surface area contributed by atoms with E-state index in [0.29, 0.717) is 12.5 Å². The highest BCUT2D eigenvalue weighted by atomic mass is 16.3. The third-order valence-electron chi connectivity index (χ3n) is 4.22. The van der Waals surface area contributed by atoms with Crippen molar-refractivity contribution < 1.29 is 5.11 Å². The van der Waals surface area contributed by atoms with Gasteiger partial charge in [-0.05, 0) is 26.2 Å². The molecular formula is C16H28N4O. The first-order chi connectivity index (χ1) is 9.93. The lowest BCUT2D eigenvalue weighted by molar-refractivity contribution is 0.102. The van der Waals surface area contributed by atoms with E-state index in [0.717, 1.165) is 42.5 Å². The van der Waals surface area contributed by atoms with Gasteiger partial charge in [0.05, 0.1) is 6.10 Å². The minimum Gasteiger partial charge on any atom is -0.391 e. The topological polar surface area (TPSA) is 61.3 Å². The molecule has 2 atom stereocenters. The lowest BCUT2D eigenvalue weighted by atomic mass is 9.96. The van der Waals surface area contributed by atoms with Crippen molar-refractivity contribution in [1.82, 2.24) is 9.97 Å². The lowest BCUT2D eigenvalue weighted by Gasteiger charge is -2.36. The number of nitrogens with zero attached hydrogens (tertiary/aromatic N) is 3. The van der Waals surface area contributed by atoms with E-state index in [1.807, 2.05) is 0 Å². The average Bonchev–Trinajstić information content (AvgIpc) is 2.44. The Balaban J connectivity index is 2.37. The third-order valence-corrected chi connectivity index (χ3v) is 4.22. The summed E-state index contributed by atoms with van der Waals surface area (Å²) in [6, 6.07) is 0. The number of aliphatic hydroxyl groups excluding tert-OH is 1. The van der Waals surface area contributed by atoms with Crippen LogP contribution in [-0.4, -0.2) is 40.8 Å². The van der Waals surface area contributed by atoms with Crippen molar-refractivity contribution >= 4 is 11.6 Å². The fourth-order valence-electron chi connectivity index (χ4n) is 2.67. The number of piperidine rings is 1. The second-order valence-electron chi connectivity index (χ2n) is 6.34. The number of hydrogen-bond acceptors (Lipinski definition) is 5. The molecule has 2 unspecified atom stereocenters. The number of anilines is 2. The molecule has 5 heteroatoms. The summed E-state index contributed by atoms with van der Waals surface area (Å²) in [7, 11) is 0. The summed E-state index contributed by atoms with van der Waals surface area (Å²) >= 11 is 0. The molecule has 118 valence electrons. The molecule has 0 bridgehead atoms. The second-order valence-corrected chi connectivity index (χ2v) is 6.34. The van der Waals surface area contributed by atoms with Crippen LogP contribution >= 0.6 is 0 Å². The molecule has 2 rings (SSSR count). The fraction of sp³-hybridized carbons (Fsp3) is 0.750. The summed E-state index contributed by atoms with van der Waals surface area (Å²) in [4.78, 5) is 11.6. The zero-order valence-electron chi connectivity index (χ0n) is 13.8. The van der Waals surface area contributed by atoms with Crippen LogP contribution in [0.5, 0.6) is 0 Å². The van der Waals surface area contributed by atoms with E-state index < -0.39 is 0 Å². The van der Waals surface area contributed by atoms with Gasteiger partial charge in [-0.25, -0.2) is 9.97 Å². The monoisotopic (exact) mass is 292 g/mol. The van der Waals surface area contributed by atoms with Crippen LogP contribution in [0.3, 0.4) is 0 Å². The van der Waals surface area contributed by atoms with Crippen LogP contribution in [0.2, 0.25) is 0 Å². The minimum atomic E-state index is -0.279. The van der Waals surface area contributed by atoms with Crippen LogP contribution in [0.25, 0.3) is 0 Å². The molecule has 1 aliphatic heterocycles. The predicted octanol–water partition coefficient (Wildman–Crippen LogP) is 2.55. The van der Waals surface area contributed by atoms with E-state index in [2.05, 4.69) is 49.8 Å². The Bertz CT molecular complexity index is 489. The van der Waals surface area contributed by atoms with Gasteiger partial charge in [0.15, 0.2) is 0 Å². The number of hydrogen-bond donors (Lipinski definition) is 2. The van der Waals surface area contributed by atoms with Gasteiger partial charge >= 0.3 is 0 Å². The quantitative estimate of drug-likeness (QED) is 0.893. The van der Waals surface area contributed by atoms with E-state index in [-0.39, 0.29) is 12.0 Å². The van der Waals surface area contributed by atoms with Crippen LogP contribution in [0, 0.1) is 12.8 Å². The van der Waals surface area contributed by atoms with Gasteiger partial charge in [-0.3, -0.25) is 0 Å². The molecule has 0 radical (unpaired) electrons. The Hall–Kier alpha value is -1.36. The van der Waals surface area contributed by atoms with Crippen molar-refractivity contribution in [1.29, 1.82) is 0 Å². The van der Waals surface area contributed by atoms with E-state index in [1.54, 1.807) is 0 Å². The van der Waals surface area contributed by atoms with Crippen molar-refractivity contribution in [2.45, 2.75) is 53.1 Å². The Morgan fingerprint density at radius 2 is 2.10 bits per heavy atom. The maximum Gasteiger partial charge on any atom is 0.137 e. The van der Waals surface area contributed by atoms with Crippen molar-refractivity contribution in [2.24, 2.45) is 5.92 Å². The van der Waals surface area contributed by atoms with Crippen LogP contribution in [0.15, 0.2) is 0 Å². The highest BCUT2D eigenvalue weighted by molar-refractivity contribution is 5.59. The lowest BCUT2D eigenvalue weighted by Crippen LogP contribution is -2.43.